The Morgan fingerprint density at radius 2 is 2.19 bits per heavy atom. The Kier molecular flexibility index (Phi) is 4.99. The van der Waals surface area contributed by atoms with Crippen LogP contribution in [-0.4, -0.2) is 45.3 Å². The summed E-state index contributed by atoms with van der Waals surface area (Å²) in [5.41, 5.74) is 0. The highest BCUT2D eigenvalue weighted by Gasteiger charge is 2.32. The molecule has 1 atom stereocenters. The Morgan fingerprint density at radius 3 is 2.92 bits per heavy atom. The Morgan fingerprint density at radius 1 is 1.35 bits per heavy atom. The standard InChI is InChI=1S/C17H20N4O3S2/c1-10-19-20-17(24-10)25-9-15(22)21-8-2-3-12(21)13-6-7-14(26-13)16(23)18-11-4-5-11/h6-7,11-12H,2-5,8-9H2,1H3,(H,18,23)/t12-/m0/s1. The summed E-state index contributed by atoms with van der Waals surface area (Å²) in [6.07, 6.45) is 4.06. The van der Waals surface area contributed by atoms with Crippen LogP contribution in [0.3, 0.4) is 0 Å². The molecule has 0 unspecified atom stereocenters. The van der Waals surface area contributed by atoms with Gasteiger partial charge in [-0.2, -0.15) is 0 Å². The maximum atomic E-state index is 12.6. The van der Waals surface area contributed by atoms with Crippen LogP contribution in [0.2, 0.25) is 0 Å². The van der Waals surface area contributed by atoms with E-state index < -0.39 is 0 Å². The van der Waals surface area contributed by atoms with E-state index in [0.717, 1.165) is 42.0 Å². The van der Waals surface area contributed by atoms with Gasteiger partial charge in [-0.1, -0.05) is 11.8 Å². The molecule has 1 aliphatic heterocycles. The van der Waals surface area contributed by atoms with Crippen LogP contribution >= 0.6 is 23.1 Å². The molecule has 0 radical (unpaired) electrons. The van der Waals surface area contributed by atoms with Crippen LogP contribution in [0.15, 0.2) is 21.8 Å². The molecule has 7 nitrogen and oxygen atoms in total. The van der Waals surface area contributed by atoms with Crippen LogP contribution in [0.4, 0.5) is 0 Å². The van der Waals surface area contributed by atoms with Crippen molar-refractivity contribution in [2.24, 2.45) is 0 Å². The van der Waals surface area contributed by atoms with Crippen molar-refractivity contribution in [2.75, 3.05) is 12.3 Å². The van der Waals surface area contributed by atoms with Crippen LogP contribution in [0.1, 0.15) is 52.2 Å². The molecule has 9 heteroatoms. The highest BCUT2D eigenvalue weighted by Crippen LogP contribution is 2.36. The van der Waals surface area contributed by atoms with Crippen LogP contribution in [-0.2, 0) is 4.79 Å². The molecule has 2 amide bonds. The number of hydrogen-bond acceptors (Lipinski definition) is 7. The lowest BCUT2D eigenvalue weighted by Gasteiger charge is -2.23. The first-order chi connectivity index (χ1) is 12.6. The first-order valence-corrected chi connectivity index (χ1v) is 10.5. The van der Waals surface area contributed by atoms with E-state index >= 15 is 0 Å². The molecule has 1 saturated heterocycles. The van der Waals surface area contributed by atoms with Gasteiger partial charge in [-0.25, -0.2) is 0 Å². The van der Waals surface area contributed by atoms with Crippen LogP contribution in [0, 0.1) is 6.92 Å². The smallest absolute Gasteiger partial charge is 0.277 e. The molecule has 1 saturated carbocycles. The first kappa shape index (κ1) is 17.5. The van der Waals surface area contributed by atoms with Crippen molar-refractivity contribution in [3.8, 4) is 0 Å². The number of likely N-dealkylation sites (tertiary alicyclic amines) is 1. The van der Waals surface area contributed by atoms with E-state index in [2.05, 4.69) is 15.5 Å². The van der Waals surface area contributed by atoms with Gasteiger partial charge >= 0.3 is 0 Å². The Hall–Kier alpha value is -1.87. The Bertz CT molecular complexity index is 815. The van der Waals surface area contributed by atoms with Crippen molar-refractivity contribution >= 4 is 34.9 Å². The summed E-state index contributed by atoms with van der Waals surface area (Å²) in [5.74, 6) is 0.834. The average Bonchev–Trinajstić information content (AvgIpc) is 3.07. The normalized spacial score (nSPS) is 19.7. The van der Waals surface area contributed by atoms with Crippen molar-refractivity contribution < 1.29 is 14.0 Å². The molecule has 4 rings (SSSR count). The van der Waals surface area contributed by atoms with E-state index in [0.29, 0.717) is 17.2 Å². The summed E-state index contributed by atoms with van der Waals surface area (Å²) in [6.45, 7) is 2.47. The lowest BCUT2D eigenvalue weighted by atomic mass is 10.2. The molecule has 2 aliphatic rings. The Labute approximate surface area is 159 Å². The number of thioether (sulfide) groups is 1. The molecule has 3 heterocycles. The predicted octanol–water partition coefficient (Wildman–Crippen LogP) is 2.79. The number of aromatic nitrogens is 2. The van der Waals surface area contributed by atoms with E-state index in [-0.39, 0.29) is 23.6 Å². The molecule has 0 spiro atoms. The van der Waals surface area contributed by atoms with Gasteiger partial charge in [0.1, 0.15) is 0 Å². The number of carbonyl (C=O) groups is 2. The molecule has 1 aliphatic carbocycles. The van der Waals surface area contributed by atoms with E-state index in [1.165, 1.54) is 23.1 Å². The van der Waals surface area contributed by atoms with Crippen LogP contribution in [0.5, 0.6) is 0 Å². The summed E-state index contributed by atoms with van der Waals surface area (Å²) in [6, 6.07) is 4.26. The maximum Gasteiger partial charge on any atom is 0.277 e. The topological polar surface area (TPSA) is 88.3 Å². The number of nitrogens with one attached hydrogen (secondary N) is 1. The minimum absolute atomic E-state index is 0.00180. The summed E-state index contributed by atoms with van der Waals surface area (Å²) >= 11 is 2.76. The number of carbonyl (C=O) groups excluding carboxylic acids is 2. The molecular formula is C17H20N4O3S2. The average molecular weight is 393 g/mol. The van der Waals surface area contributed by atoms with Crippen molar-refractivity contribution in [1.29, 1.82) is 0 Å². The van der Waals surface area contributed by atoms with Crippen molar-refractivity contribution in [3.05, 3.63) is 27.8 Å². The minimum atomic E-state index is 0.00180. The van der Waals surface area contributed by atoms with Crippen LogP contribution in [0.25, 0.3) is 0 Å². The number of amides is 2. The molecule has 2 aromatic heterocycles. The fraction of sp³-hybridized carbons (Fsp3) is 0.529. The van der Waals surface area contributed by atoms with Gasteiger partial charge in [-0.15, -0.1) is 21.5 Å². The van der Waals surface area contributed by atoms with Gasteiger partial charge < -0.3 is 14.6 Å². The van der Waals surface area contributed by atoms with Gasteiger partial charge in [-0.05, 0) is 37.8 Å². The lowest BCUT2D eigenvalue weighted by molar-refractivity contribution is -0.129. The highest BCUT2D eigenvalue weighted by molar-refractivity contribution is 7.99. The zero-order valence-electron chi connectivity index (χ0n) is 14.4. The molecule has 2 fully saturated rings. The summed E-state index contributed by atoms with van der Waals surface area (Å²) < 4.78 is 5.30. The molecule has 0 aromatic carbocycles. The summed E-state index contributed by atoms with van der Waals surface area (Å²) in [4.78, 5) is 28.5. The quantitative estimate of drug-likeness (QED) is 0.761. The van der Waals surface area contributed by atoms with E-state index in [4.69, 9.17) is 4.42 Å². The number of rotatable bonds is 6. The predicted molar refractivity (Wildman–Crippen MR) is 98.3 cm³/mol. The largest absolute Gasteiger partial charge is 0.416 e. The van der Waals surface area contributed by atoms with E-state index in [1.807, 2.05) is 17.0 Å². The van der Waals surface area contributed by atoms with Crippen molar-refractivity contribution in [3.63, 3.8) is 0 Å². The van der Waals surface area contributed by atoms with Gasteiger partial charge in [0.2, 0.25) is 11.8 Å². The van der Waals surface area contributed by atoms with Crippen LogP contribution < -0.4 is 5.32 Å². The van der Waals surface area contributed by atoms with Gasteiger partial charge in [0, 0.05) is 24.4 Å². The molecule has 0 bridgehead atoms. The second kappa shape index (κ2) is 7.40. The van der Waals surface area contributed by atoms with Crippen molar-refractivity contribution in [1.82, 2.24) is 20.4 Å². The molecule has 138 valence electrons. The first-order valence-electron chi connectivity index (χ1n) is 8.73. The third-order valence-corrected chi connectivity index (χ3v) is 6.48. The minimum Gasteiger partial charge on any atom is -0.416 e. The Balaban J connectivity index is 1.38. The number of aryl methyl sites for hydroxylation is 1. The zero-order valence-corrected chi connectivity index (χ0v) is 16.1. The fourth-order valence-electron chi connectivity index (χ4n) is 3.04. The second-order valence-corrected chi connectivity index (χ2v) is 8.61. The summed E-state index contributed by atoms with van der Waals surface area (Å²) in [5, 5.41) is 11.1. The zero-order chi connectivity index (χ0) is 18.1. The fourth-order valence-corrected chi connectivity index (χ4v) is 4.79. The summed E-state index contributed by atoms with van der Waals surface area (Å²) in [7, 11) is 0. The molecule has 2 aromatic rings. The second-order valence-electron chi connectivity index (χ2n) is 6.57. The number of hydrogen-bond donors (Lipinski definition) is 1. The maximum absolute atomic E-state index is 12.6. The van der Waals surface area contributed by atoms with Gasteiger partial charge in [0.05, 0.1) is 16.7 Å². The van der Waals surface area contributed by atoms with E-state index in [1.54, 1.807) is 6.92 Å². The third kappa shape index (κ3) is 3.93. The van der Waals surface area contributed by atoms with E-state index in [9.17, 15) is 9.59 Å². The SMILES string of the molecule is Cc1nnc(SCC(=O)N2CCC[C@H]2c2ccc(C(=O)NC3CC3)s2)o1. The highest BCUT2D eigenvalue weighted by atomic mass is 32.2. The van der Waals surface area contributed by atoms with Gasteiger partial charge in [-0.3, -0.25) is 9.59 Å². The van der Waals surface area contributed by atoms with Gasteiger partial charge in [0.15, 0.2) is 0 Å². The monoisotopic (exact) mass is 392 g/mol. The number of nitrogens with zero attached hydrogens (tertiary/aromatic N) is 3. The lowest BCUT2D eigenvalue weighted by Crippen LogP contribution is -2.31. The van der Waals surface area contributed by atoms with Gasteiger partial charge in [0.25, 0.3) is 11.1 Å². The van der Waals surface area contributed by atoms with Crippen molar-refractivity contribution in [2.45, 2.75) is 49.9 Å². The molecule has 26 heavy (non-hydrogen) atoms. The molecular weight excluding hydrogens is 372 g/mol. The third-order valence-electron chi connectivity index (χ3n) is 4.49. The number of thiophene rings is 1. The molecule has 1 N–H and O–H groups in total.